The van der Waals surface area contributed by atoms with Gasteiger partial charge in [0, 0.05) is 30.3 Å². The van der Waals surface area contributed by atoms with Crippen LogP contribution in [0.2, 0.25) is 0 Å². The number of likely N-dealkylation sites (tertiary alicyclic amines) is 1. The minimum Gasteiger partial charge on any atom is -0.337 e. The molecule has 23 heavy (non-hydrogen) atoms. The van der Waals surface area contributed by atoms with Crippen LogP contribution >= 0.6 is 0 Å². The number of carbonyl (C=O) groups is 1. The zero-order valence-corrected chi connectivity index (χ0v) is 12.2. The monoisotopic (exact) mass is 320 g/mol. The summed E-state index contributed by atoms with van der Waals surface area (Å²) in [6.07, 6.45) is 4.21. The number of aromatic nitrogens is 3. The van der Waals surface area contributed by atoms with E-state index in [4.69, 9.17) is 4.52 Å². The zero-order chi connectivity index (χ0) is 16.0. The van der Waals surface area contributed by atoms with Gasteiger partial charge in [-0.2, -0.15) is 4.98 Å². The van der Waals surface area contributed by atoms with Crippen LogP contribution in [-0.4, -0.2) is 38.4 Å². The first-order valence-electron chi connectivity index (χ1n) is 7.46. The van der Waals surface area contributed by atoms with E-state index in [0.29, 0.717) is 11.4 Å². The van der Waals surface area contributed by atoms with E-state index in [1.54, 1.807) is 24.5 Å². The first-order valence-corrected chi connectivity index (χ1v) is 7.46. The Hall–Kier alpha value is -2.38. The van der Waals surface area contributed by atoms with Gasteiger partial charge in [-0.15, -0.1) is 0 Å². The topological polar surface area (TPSA) is 72.1 Å². The summed E-state index contributed by atoms with van der Waals surface area (Å²) in [5, 5.41) is 3.84. The van der Waals surface area contributed by atoms with Crippen LogP contribution in [0.4, 0.5) is 8.78 Å². The fourth-order valence-electron chi connectivity index (χ4n) is 2.82. The van der Waals surface area contributed by atoms with Crippen LogP contribution in [0.25, 0.3) is 11.4 Å². The molecular weight excluding hydrogens is 306 g/mol. The minimum atomic E-state index is -2.93. The van der Waals surface area contributed by atoms with Crippen LogP contribution in [0.1, 0.15) is 31.2 Å². The number of hydrogen-bond acceptors (Lipinski definition) is 5. The van der Waals surface area contributed by atoms with Crippen molar-refractivity contribution in [1.29, 1.82) is 0 Å². The Labute approximate surface area is 130 Å². The molecule has 120 valence electrons. The lowest BCUT2D eigenvalue weighted by atomic mass is 10.2. The Morgan fingerprint density at radius 2 is 2.04 bits per heavy atom. The summed E-state index contributed by atoms with van der Waals surface area (Å²) >= 11 is 0. The Morgan fingerprint density at radius 1 is 1.30 bits per heavy atom. The number of hydrogen-bond donors (Lipinski definition) is 0. The summed E-state index contributed by atoms with van der Waals surface area (Å²) in [6.45, 7) is -0.583. The van der Waals surface area contributed by atoms with E-state index in [2.05, 4.69) is 15.1 Å². The van der Waals surface area contributed by atoms with Crippen LogP contribution in [0, 0.1) is 5.92 Å². The molecule has 4 rings (SSSR count). The van der Waals surface area contributed by atoms with Gasteiger partial charge in [0.25, 0.3) is 5.92 Å². The molecule has 1 aliphatic carbocycles. The van der Waals surface area contributed by atoms with Gasteiger partial charge in [-0.25, -0.2) is 8.78 Å². The lowest BCUT2D eigenvalue weighted by Gasteiger charge is -2.20. The number of pyridine rings is 1. The highest BCUT2D eigenvalue weighted by Crippen LogP contribution is 2.44. The molecule has 1 aliphatic heterocycles. The molecule has 1 saturated heterocycles. The van der Waals surface area contributed by atoms with Crippen molar-refractivity contribution >= 4 is 5.91 Å². The Kier molecular flexibility index (Phi) is 3.14. The van der Waals surface area contributed by atoms with Crippen molar-refractivity contribution in [3.8, 4) is 11.4 Å². The van der Waals surface area contributed by atoms with E-state index < -0.39 is 24.9 Å². The molecule has 1 amide bonds. The predicted molar refractivity (Wildman–Crippen MR) is 74.3 cm³/mol. The second kappa shape index (κ2) is 5.07. The second-order valence-electron chi connectivity index (χ2n) is 6.01. The maximum absolute atomic E-state index is 13.8. The molecule has 0 bridgehead atoms. The second-order valence-corrected chi connectivity index (χ2v) is 6.01. The van der Waals surface area contributed by atoms with Gasteiger partial charge in [-0.05, 0) is 25.0 Å². The predicted octanol–water partition coefficient (Wildman–Crippen LogP) is 2.45. The van der Waals surface area contributed by atoms with Crippen molar-refractivity contribution in [3.63, 3.8) is 0 Å². The van der Waals surface area contributed by atoms with Gasteiger partial charge in [-0.3, -0.25) is 9.78 Å². The Balaban J connectivity index is 1.63. The van der Waals surface area contributed by atoms with E-state index >= 15 is 0 Å². The van der Waals surface area contributed by atoms with Gasteiger partial charge in [0.15, 0.2) is 0 Å². The van der Waals surface area contributed by atoms with E-state index in [1.807, 2.05) is 0 Å². The number of nitrogens with zero attached hydrogens (tertiary/aromatic N) is 4. The first-order chi connectivity index (χ1) is 11.0. The standard InChI is InChI=1S/C15H14F2N4O2/c16-15(17)7-11(21(8-15)14(22)10-1-2-10)13-19-12(20-23-13)9-3-5-18-6-4-9/h3-6,10-11H,1-2,7-8H2/t11-/m0/s1. The van der Waals surface area contributed by atoms with Crippen molar-refractivity contribution < 1.29 is 18.1 Å². The molecule has 2 aromatic rings. The van der Waals surface area contributed by atoms with Crippen molar-refractivity contribution in [2.75, 3.05) is 6.54 Å². The molecule has 2 aromatic heterocycles. The molecule has 6 nitrogen and oxygen atoms in total. The third kappa shape index (κ3) is 2.69. The van der Waals surface area contributed by atoms with E-state index in [1.165, 1.54) is 4.90 Å². The number of carbonyl (C=O) groups excluding carboxylic acids is 1. The lowest BCUT2D eigenvalue weighted by Crippen LogP contribution is -2.34. The molecule has 3 heterocycles. The molecule has 0 N–H and O–H groups in total. The quantitative estimate of drug-likeness (QED) is 0.868. The van der Waals surface area contributed by atoms with Crippen molar-refractivity contribution in [2.45, 2.75) is 31.2 Å². The zero-order valence-electron chi connectivity index (χ0n) is 12.2. The lowest BCUT2D eigenvalue weighted by molar-refractivity contribution is -0.135. The smallest absolute Gasteiger partial charge is 0.267 e. The summed E-state index contributed by atoms with van der Waals surface area (Å²) in [6, 6.07) is 2.54. The molecule has 0 spiro atoms. The average molecular weight is 320 g/mol. The highest BCUT2D eigenvalue weighted by molar-refractivity contribution is 5.81. The normalized spacial score (nSPS) is 23.2. The third-order valence-electron chi connectivity index (χ3n) is 4.14. The fraction of sp³-hybridized carbons (Fsp3) is 0.467. The Bertz CT molecular complexity index is 730. The van der Waals surface area contributed by atoms with Gasteiger partial charge >= 0.3 is 0 Å². The van der Waals surface area contributed by atoms with E-state index in [0.717, 1.165) is 12.8 Å². The summed E-state index contributed by atoms with van der Waals surface area (Å²) in [5.74, 6) is -2.94. The maximum atomic E-state index is 13.8. The van der Waals surface area contributed by atoms with Gasteiger partial charge in [0.05, 0.1) is 6.54 Å². The van der Waals surface area contributed by atoms with Crippen LogP contribution in [0.3, 0.4) is 0 Å². The maximum Gasteiger partial charge on any atom is 0.267 e. The summed E-state index contributed by atoms with van der Waals surface area (Å²) in [5.41, 5.74) is 0.680. The van der Waals surface area contributed by atoms with Crippen molar-refractivity contribution in [1.82, 2.24) is 20.0 Å². The highest BCUT2D eigenvalue weighted by atomic mass is 19.3. The SMILES string of the molecule is O=C(C1CC1)N1CC(F)(F)C[C@H]1c1nc(-c2ccncc2)no1. The van der Waals surface area contributed by atoms with Crippen LogP contribution in [0.15, 0.2) is 29.0 Å². The number of alkyl halides is 2. The molecule has 2 fully saturated rings. The third-order valence-corrected chi connectivity index (χ3v) is 4.14. The van der Waals surface area contributed by atoms with Crippen molar-refractivity contribution in [3.05, 3.63) is 30.4 Å². The molecule has 0 unspecified atom stereocenters. The largest absolute Gasteiger partial charge is 0.337 e. The molecule has 2 aliphatic rings. The van der Waals surface area contributed by atoms with E-state index in [-0.39, 0.29) is 17.7 Å². The van der Waals surface area contributed by atoms with Gasteiger partial charge in [-0.1, -0.05) is 5.16 Å². The summed E-state index contributed by atoms with van der Waals surface area (Å²) < 4.78 is 32.8. The fourth-order valence-corrected chi connectivity index (χ4v) is 2.82. The van der Waals surface area contributed by atoms with Gasteiger partial charge in [0.2, 0.25) is 17.6 Å². The van der Waals surface area contributed by atoms with Crippen molar-refractivity contribution in [2.24, 2.45) is 5.92 Å². The number of amides is 1. The first kappa shape index (κ1) is 14.2. The molecule has 8 heteroatoms. The molecular formula is C15H14F2N4O2. The molecule has 0 radical (unpaired) electrons. The number of rotatable bonds is 3. The highest BCUT2D eigenvalue weighted by Gasteiger charge is 2.52. The summed E-state index contributed by atoms with van der Waals surface area (Å²) in [7, 11) is 0. The van der Waals surface area contributed by atoms with Crippen LogP contribution < -0.4 is 0 Å². The number of halogens is 2. The van der Waals surface area contributed by atoms with Crippen LogP contribution in [-0.2, 0) is 4.79 Å². The average Bonchev–Trinajstić information content (AvgIpc) is 3.18. The van der Waals surface area contributed by atoms with E-state index in [9.17, 15) is 13.6 Å². The minimum absolute atomic E-state index is 0.0583. The summed E-state index contributed by atoms with van der Waals surface area (Å²) in [4.78, 5) is 21.6. The van der Waals surface area contributed by atoms with Gasteiger partial charge in [0.1, 0.15) is 6.04 Å². The van der Waals surface area contributed by atoms with Gasteiger partial charge < -0.3 is 9.42 Å². The molecule has 1 atom stereocenters. The Morgan fingerprint density at radius 3 is 2.74 bits per heavy atom. The van der Waals surface area contributed by atoms with Crippen LogP contribution in [0.5, 0.6) is 0 Å². The molecule has 1 saturated carbocycles. The molecule has 0 aromatic carbocycles.